The Bertz CT molecular complexity index is 13300. The van der Waals surface area contributed by atoms with Crippen molar-refractivity contribution in [3.63, 3.8) is 0 Å². The van der Waals surface area contributed by atoms with Crippen LogP contribution in [0.1, 0.15) is 101 Å². The van der Waals surface area contributed by atoms with Crippen LogP contribution < -0.4 is 0 Å². The first kappa shape index (κ1) is 28.8. The summed E-state index contributed by atoms with van der Waals surface area (Å²) in [6, 6.07) is -65.1. The molecule has 0 saturated heterocycles. The maximum absolute atomic E-state index is 9.52. The lowest BCUT2D eigenvalue weighted by molar-refractivity contribution is 0.669. The van der Waals surface area contributed by atoms with E-state index < -0.39 is 694 Å². The predicted octanol–water partition coefficient (Wildman–Crippen LogP) is 34.5. The van der Waals surface area contributed by atoms with Gasteiger partial charge >= 0.3 is 0 Å². The number of benzene rings is 23. The van der Waals surface area contributed by atoms with Gasteiger partial charge in [-0.1, -0.05) is 417 Å². The van der Waals surface area contributed by atoms with Crippen molar-refractivity contribution in [3.8, 4) is 89.0 Å². The number of furan rings is 3. The highest BCUT2D eigenvalue weighted by atomic mass is 16.3. The Labute approximate surface area is 813 Å². The Kier molecular flexibility index (Phi) is 6.88. The molecule has 0 fully saturated rings. The van der Waals surface area contributed by atoms with Crippen molar-refractivity contribution in [3.05, 3.63) is 447 Å². The van der Waals surface area contributed by atoms with Gasteiger partial charge in [-0.15, -0.1) is 0 Å². The predicted molar refractivity (Wildman–Crippen MR) is 522 cm³/mol. The Morgan fingerprint density at radius 3 is 0.724 bits per heavy atom. The third-order valence-corrected chi connectivity index (χ3v) is 20.0. The summed E-state index contributed by atoms with van der Waals surface area (Å²) in [5, 5.41) is -14.0. The Balaban J connectivity index is 0.000000148. The van der Waals surface area contributed by atoms with Gasteiger partial charge in [-0.3, -0.25) is 0 Å². The van der Waals surface area contributed by atoms with E-state index in [9.17, 15) is 34.3 Å². The Hall–Kier alpha value is -16.2. The van der Waals surface area contributed by atoms with Gasteiger partial charge in [0.1, 0.15) is 33.5 Å². The van der Waals surface area contributed by atoms with Crippen molar-refractivity contribution in [1.82, 2.24) is 0 Å². The smallest absolute Gasteiger partial charge is 0.143 e. The zero-order valence-electron chi connectivity index (χ0n) is 135. The molecule has 572 valence electrons. The van der Waals surface area contributed by atoms with E-state index in [-0.39, 0.29) is 5.39 Å². The highest BCUT2D eigenvalue weighted by Gasteiger charge is 2.25. The Morgan fingerprint density at radius 1 is 0.130 bits per heavy atom. The highest BCUT2D eigenvalue weighted by molar-refractivity contribution is 6.28. The summed E-state index contributed by atoms with van der Waals surface area (Å²) in [7, 11) is 0. The van der Waals surface area contributed by atoms with Crippen LogP contribution >= 0.6 is 0 Å². The van der Waals surface area contributed by atoms with Gasteiger partial charge in [0.2, 0.25) is 0 Å². The van der Waals surface area contributed by atoms with Crippen LogP contribution in [0.15, 0.2) is 460 Å². The number of fused-ring (bicyclic) bond motifs is 18. The molecule has 0 unspecified atom stereocenters. The van der Waals surface area contributed by atoms with Gasteiger partial charge in [0.25, 0.3) is 0 Å². The molecule has 3 heterocycles. The third-order valence-electron chi connectivity index (χ3n) is 20.0. The minimum absolute atomic E-state index is 0.374. The number of hydrogen-bond donors (Lipinski definition) is 0. The molecule has 23 aromatic carbocycles. The number of rotatable bonds is 8. The van der Waals surface area contributed by atoms with Crippen LogP contribution in [0.2, 0.25) is 0 Å². The molecule has 0 aliphatic rings. The van der Waals surface area contributed by atoms with Gasteiger partial charge in [0, 0.05) is 65.7 Å². The van der Waals surface area contributed by atoms with Crippen LogP contribution in [-0.2, 0) is 0 Å². The summed E-state index contributed by atoms with van der Waals surface area (Å²) < 4.78 is 674. The maximum atomic E-state index is 9.52. The van der Waals surface area contributed by atoms with Crippen molar-refractivity contribution in [1.29, 1.82) is 0 Å². The molecule has 0 N–H and O–H groups in total. The van der Waals surface area contributed by atoms with Crippen LogP contribution in [0.25, 0.3) is 252 Å². The molecule has 0 spiro atoms. The van der Waals surface area contributed by atoms with E-state index in [1.54, 1.807) is 0 Å². The van der Waals surface area contributed by atoms with E-state index in [2.05, 4.69) is 0 Å². The van der Waals surface area contributed by atoms with Gasteiger partial charge in [0.05, 0.1) is 101 Å². The SMILES string of the molecule is [2H]c1c([2H])c(-c2c3c([2H])c([2H])c([2H])c([2H])c3c(-c3c([2H])c([2H])c([2H])c4c3oc3c([2H])c([2H])c([2H])c([2H])c34)c3c([2H])c([2H])c([2H])c([2H])c23)c([2H])c([2H])c1-c1c([2H])c([2H])c([2H])c2c([2H])c([2H])c([2H])c([2H])c12.[2H]c1c([2H])c(-c2c3c([2H])c([2H])c([2H])c([2H])c3c(-c3c([2H])c([2H])c([2H])c4c3oc3c([2H])c([2H])c([2H])c([2H])c34)c3c([2H])c([2H])c([2H])c([2H])c23)c([2H])c([2H])c1-c1c([2H])c([2H])c2c([2H])c([2H])c([2H])c([2H])c2c1[2H].[2H]c1c([2H])c([2H])c2c(oc3c(-c4c5c([2H])c([2H])c([2H])c([2H])c5c(-c5c([2H])c([2H])c6c([2H])c([2H])c([2H])c([2H])c6c5[2H])c5c([2H])c([2H])c([2H])c([2H])c45)c([2H])c([2H])c([2H])c32)c1[2H]. The molecule has 0 radical (unpaired) electrons. The lowest BCUT2D eigenvalue weighted by Gasteiger charge is -2.18. The van der Waals surface area contributed by atoms with Crippen molar-refractivity contribution in [2.75, 3.05) is 0 Å². The Morgan fingerprint density at radius 2 is 0.358 bits per heavy atom. The third kappa shape index (κ3) is 11.9. The second kappa shape index (κ2) is 29.4. The summed E-state index contributed by atoms with van der Waals surface area (Å²) in [5.74, 6) is 0. The van der Waals surface area contributed by atoms with Crippen LogP contribution in [-0.4, -0.2) is 0 Å². The van der Waals surface area contributed by atoms with E-state index in [0.29, 0.717) is 0 Å². The molecule has 123 heavy (non-hydrogen) atoms. The minimum Gasteiger partial charge on any atom is -0.455 e. The molecule has 0 atom stereocenters. The van der Waals surface area contributed by atoms with Crippen LogP contribution in [0.3, 0.4) is 0 Å². The fourth-order valence-electron chi connectivity index (χ4n) is 14.8. The zero-order valence-corrected chi connectivity index (χ0v) is 61.2. The molecule has 26 rings (SSSR count). The average Bonchev–Trinajstić information content (AvgIpc) is 1.68. The summed E-state index contributed by atoms with van der Waals surface area (Å²) in [6.45, 7) is 0. The van der Waals surface area contributed by atoms with Crippen molar-refractivity contribution >= 4 is 163 Å². The summed E-state index contributed by atoms with van der Waals surface area (Å²) >= 11 is 0. The number of hydrogen-bond acceptors (Lipinski definition) is 3. The van der Waals surface area contributed by atoms with Gasteiger partial charge < -0.3 is 13.3 Å². The molecule has 0 bridgehead atoms. The molecule has 0 aliphatic heterocycles. The first-order valence-corrected chi connectivity index (χ1v) is 36.2. The van der Waals surface area contributed by atoms with E-state index in [4.69, 9.17) is 80.4 Å². The van der Waals surface area contributed by atoms with Gasteiger partial charge in [-0.05, 0) is 183 Å². The lowest BCUT2D eigenvalue weighted by Crippen LogP contribution is -1.91. The molecular formula is C120H74O3. The molecule has 26 aromatic rings. The maximum Gasteiger partial charge on any atom is 0.143 e. The summed E-state index contributed by atoms with van der Waals surface area (Å²) in [6.07, 6.45) is 0. The van der Waals surface area contributed by atoms with Crippen LogP contribution in [0.5, 0.6) is 0 Å². The number of para-hydroxylation sites is 6. The molecule has 3 nitrogen and oxygen atoms in total. The molecule has 0 aliphatic carbocycles. The van der Waals surface area contributed by atoms with E-state index in [0.717, 1.165) is 0 Å². The lowest BCUT2D eigenvalue weighted by atomic mass is 9.85. The fourth-order valence-corrected chi connectivity index (χ4v) is 14.8. The second-order valence-corrected chi connectivity index (χ2v) is 26.5. The summed E-state index contributed by atoms with van der Waals surface area (Å²) in [5.41, 5.74) is -14.7. The molecule has 3 heteroatoms. The van der Waals surface area contributed by atoms with E-state index >= 15 is 0 Å². The monoisotopic (exact) mass is 1640 g/mol. The first-order chi connectivity index (χ1) is 91.8. The zero-order chi connectivity index (χ0) is 145. The highest BCUT2D eigenvalue weighted by Crippen LogP contribution is 2.52. The van der Waals surface area contributed by atoms with Crippen molar-refractivity contribution < 1.29 is 115 Å². The van der Waals surface area contributed by atoms with E-state index in [1.807, 2.05) is 0 Å². The minimum atomic E-state index is -1.08. The molecular weight excluding hydrogens is 1490 g/mol. The quantitative estimate of drug-likeness (QED) is 0.142. The van der Waals surface area contributed by atoms with E-state index in [1.165, 1.54) is 0 Å². The summed E-state index contributed by atoms with van der Waals surface area (Å²) in [4.78, 5) is 0. The molecule has 0 saturated carbocycles. The second-order valence-electron chi connectivity index (χ2n) is 26.5. The largest absolute Gasteiger partial charge is 0.455 e. The van der Waals surface area contributed by atoms with Gasteiger partial charge in [0.15, 0.2) is 0 Å². The van der Waals surface area contributed by atoms with Gasteiger partial charge in [-0.2, -0.15) is 0 Å². The van der Waals surface area contributed by atoms with Crippen LogP contribution in [0.4, 0.5) is 0 Å². The standard InChI is InChI=1S/2C42H26O.C36H22O/c1-2-13-30-27(11-1)12-9-19-31(30)28-23-25-29(26-24-28)40-33-15-3-5-17-35(33)41(36-18-6-4-16-34(36)40)38-21-10-20-37-32-14-7-8-22-39(32)43-42(37)38;1-2-11-30-26-31(25-22-27(30)10-1)28-20-23-29(24-21-28)40-33-13-3-5-15-35(33)41(36-16-6-4-14-34(36)40)38-18-9-17-37-32-12-7-8-19-39(32)43-42(37)38;1-2-11-24-22-25(21-20-23(24)10-1)34-27-13-3-5-15-29(27)35(30-16-6-4-14-28(30)34)32-18-9-17-31-26-12-7-8-19-33(26)37-36(31)32/h2*1-26H;1-22H/i2*1D,2D,3D,4D,5D,6D,7D,8D,9D,10D,11D,12D,13D,14D,15D,16D,17D,18D,19D,20D,21D,22D,23D,24D,25D,26D;1D,2D,3D,4D,5D,6D,7D,8D,9D,10D,11D,12D,13D,14D,15D,16D,17D,18D,19D,20D,21D,22D. The average molecular weight is 1640 g/mol. The molecule has 3 aromatic heterocycles. The van der Waals surface area contributed by atoms with Crippen molar-refractivity contribution in [2.45, 2.75) is 0 Å². The topological polar surface area (TPSA) is 39.4 Å². The molecule has 0 amide bonds. The van der Waals surface area contributed by atoms with Gasteiger partial charge in [-0.25, -0.2) is 0 Å². The first-order valence-electron chi connectivity index (χ1n) is 73.2. The van der Waals surface area contributed by atoms with Crippen molar-refractivity contribution in [2.24, 2.45) is 0 Å². The normalized spacial score (nSPS) is 20.2. The van der Waals surface area contributed by atoms with Crippen LogP contribution in [0, 0.1) is 0 Å². The fraction of sp³-hybridized carbons (Fsp3) is 0.